The monoisotopic (exact) mass is 772 g/mol. The summed E-state index contributed by atoms with van der Waals surface area (Å²) < 4.78 is 3.95. The van der Waals surface area contributed by atoms with Crippen LogP contribution in [0.15, 0.2) is 112 Å². The fourth-order valence-corrected chi connectivity index (χ4v) is 19.7. The number of halogens is 2. The summed E-state index contributed by atoms with van der Waals surface area (Å²) in [6, 6.07) is 33.2. The van der Waals surface area contributed by atoms with Gasteiger partial charge in [0.15, 0.2) is 0 Å². The van der Waals surface area contributed by atoms with Crippen LogP contribution in [-0.2, 0) is 32.1 Å². The SMILES string of the molecule is CC/[C](c1ccccc1)=[Zr+2](/[C]1=C(C)C(c2ccccc2)=CC1C)[CH]1c2cc3c(cc2-c2cc4c(cc21)C(C)(C)C=C4C)C(C)=CC3(C)C.[Cl-].[Cl-]. The predicted octanol–water partition coefficient (Wildman–Crippen LogP) is 6.41. The van der Waals surface area contributed by atoms with Gasteiger partial charge in [0.1, 0.15) is 0 Å². The third kappa shape index (κ3) is 5.63. The summed E-state index contributed by atoms with van der Waals surface area (Å²) in [6.07, 6.45) is 8.68. The molecule has 0 radical (unpaired) electrons. The molecule has 4 aromatic carbocycles. The van der Waals surface area contributed by atoms with Gasteiger partial charge in [-0.25, -0.2) is 0 Å². The minimum Gasteiger partial charge on any atom is -1.00 e. The quantitative estimate of drug-likeness (QED) is 0.220. The van der Waals surface area contributed by atoms with E-state index in [9.17, 15) is 0 Å². The van der Waals surface area contributed by atoms with Crippen molar-refractivity contribution in [3.05, 3.63) is 157 Å². The summed E-state index contributed by atoms with van der Waals surface area (Å²) >= 11 is -2.78. The molecule has 0 amide bonds. The van der Waals surface area contributed by atoms with Crippen LogP contribution < -0.4 is 24.8 Å². The van der Waals surface area contributed by atoms with Gasteiger partial charge in [-0.1, -0.05) is 0 Å². The molecule has 0 N–H and O–H groups in total. The van der Waals surface area contributed by atoms with Crippen molar-refractivity contribution >= 4 is 19.9 Å². The zero-order valence-corrected chi connectivity index (χ0v) is 34.9. The fourth-order valence-electron chi connectivity index (χ4n) is 9.77. The summed E-state index contributed by atoms with van der Waals surface area (Å²) in [5.74, 6) is 0.428. The van der Waals surface area contributed by atoms with Gasteiger partial charge in [-0.2, -0.15) is 0 Å². The molecule has 254 valence electrons. The number of hydrogen-bond donors (Lipinski definition) is 0. The molecule has 1 atom stereocenters. The topological polar surface area (TPSA) is 0 Å². The molecule has 0 saturated heterocycles. The maximum atomic E-state index is 2.68. The Kier molecular flexibility index (Phi) is 9.83. The fraction of sp³-hybridized carbons (Fsp3) is 0.298. The van der Waals surface area contributed by atoms with Gasteiger partial charge in [0.05, 0.1) is 0 Å². The molecule has 3 heteroatoms. The molecule has 4 aliphatic rings. The van der Waals surface area contributed by atoms with Crippen molar-refractivity contribution in [1.82, 2.24) is 0 Å². The van der Waals surface area contributed by atoms with Gasteiger partial charge in [0, 0.05) is 0 Å². The Bertz CT molecular complexity index is 2100. The van der Waals surface area contributed by atoms with Crippen LogP contribution in [0.2, 0.25) is 0 Å². The van der Waals surface area contributed by atoms with E-state index in [2.05, 4.69) is 165 Å². The van der Waals surface area contributed by atoms with Crippen LogP contribution in [0.4, 0.5) is 0 Å². The first-order valence-corrected chi connectivity index (χ1v) is 21.8. The Morgan fingerprint density at radius 2 is 1.14 bits per heavy atom. The second kappa shape index (κ2) is 13.3. The number of fused-ring (bicyclic) bond motifs is 5. The van der Waals surface area contributed by atoms with E-state index in [4.69, 9.17) is 0 Å². The minimum absolute atomic E-state index is 0. The second-order valence-electron chi connectivity index (χ2n) is 15.9. The average Bonchev–Trinajstić information content (AvgIpc) is 3.69. The Labute approximate surface area is 320 Å². The van der Waals surface area contributed by atoms with Crippen molar-refractivity contribution in [3.8, 4) is 11.1 Å². The Hall–Kier alpha value is -2.83. The summed E-state index contributed by atoms with van der Waals surface area (Å²) in [6.45, 7) is 21.6. The van der Waals surface area contributed by atoms with Crippen LogP contribution in [0, 0.1) is 5.92 Å². The summed E-state index contributed by atoms with van der Waals surface area (Å²) in [4.78, 5) is 0. The van der Waals surface area contributed by atoms with E-state index in [1.807, 2.05) is 0 Å². The molecule has 0 nitrogen and oxygen atoms in total. The molecule has 0 aromatic heterocycles. The largest absolute Gasteiger partial charge is 1.00 e. The molecule has 0 fully saturated rings. The Balaban J connectivity index is 0.00000216. The maximum Gasteiger partial charge on any atom is -1.00 e. The van der Waals surface area contributed by atoms with Gasteiger partial charge in [-0.05, 0) is 0 Å². The van der Waals surface area contributed by atoms with Gasteiger partial charge in [-0.15, -0.1) is 0 Å². The van der Waals surface area contributed by atoms with Crippen LogP contribution in [-0.4, -0.2) is 3.21 Å². The van der Waals surface area contributed by atoms with Crippen LogP contribution in [0.25, 0.3) is 27.8 Å². The molecule has 0 aliphatic heterocycles. The molecule has 4 aromatic rings. The molecular formula is C47H48Cl2Zr. The number of hydrogen-bond acceptors (Lipinski definition) is 0. The standard InChI is InChI=1S/C25H25.C13H13.C9H10.2ClH.Zr/c1-14-12-24(3,4)22-8-16-7-17-9-23-19(15(2)13-25(23,5)6)11-21(17)20(16)10-18(14)22;1-10-8-11(2)13(9-10)12-6-4-3-5-7-12;1-2-6-9-7-4-3-5-8-9;;;/h7-13H,1-6H3;3-7,9-10H,1-2H3;3-5,7-8H,2H2,1H3;2*1H;/q;;;;;+2/p-2. The molecule has 4 aliphatic carbocycles. The molecular weight excluding hydrogens is 727 g/mol. The second-order valence-corrected chi connectivity index (χ2v) is 22.1. The van der Waals surface area contributed by atoms with Gasteiger partial charge < -0.3 is 24.8 Å². The third-order valence-electron chi connectivity index (χ3n) is 11.8. The smallest absolute Gasteiger partial charge is 1.00 e. The molecule has 1 unspecified atom stereocenters. The van der Waals surface area contributed by atoms with Crippen molar-refractivity contribution in [2.24, 2.45) is 5.92 Å². The first kappa shape index (κ1) is 36.9. The van der Waals surface area contributed by atoms with Crippen LogP contribution in [0.1, 0.15) is 117 Å². The van der Waals surface area contributed by atoms with Gasteiger partial charge in [0.2, 0.25) is 0 Å². The molecule has 0 saturated carbocycles. The van der Waals surface area contributed by atoms with Gasteiger partial charge in [0.25, 0.3) is 0 Å². The zero-order chi connectivity index (χ0) is 33.7. The van der Waals surface area contributed by atoms with E-state index in [1.165, 1.54) is 66.8 Å². The van der Waals surface area contributed by atoms with Crippen LogP contribution in [0.5, 0.6) is 0 Å². The Morgan fingerprint density at radius 3 is 1.62 bits per heavy atom. The van der Waals surface area contributed by atoms with Crippen LogP contribution in [0.3, 0.4) is 0 Å². The molecule has 50 heavy (non-hydrogen) atoms. The third-order valence-corrected chi connectivity index (χ3v) is 21.4. The first-order valence-electron chi connectivity index (χ1n) is 18.0. The van der Waals surface area contributed by atoms with Crippen molar-refractivity contribution in [2.45, 2.75) is 83.2 Å². The number of rotatable bonds is 5. The van der Waals surface area contributed by atoms with Crippen molar-refractivity contribution < 1.29 is 46.1 Å². The van der Waals surface area contributed by atoms with Crippen molar-refractivity contribution in [1.29, 1.82) is 0 Å². The molecule has 8 rings (SSSR count). The predicted molar refractivity (Wildman–Crippen MR) is 204 cm³/mol. The minimum atomic E-state index is -2.78. The average molecular weight is 775 g/mol. The Morgan fingerprint density at radius 1 is 0.660 bits per heavy atom. The van der Waals surface area contributed by atoms with Gasteiger partial charge in [-0.3, -0.25) is 0 Å². The van der Waals surface area contributed by atoms with E-state index in [-0.39, 0.29) is 35.6 Å². The van der Waals surface area contributed by atoms with E-state index in [0.29, 0.717) is 9.54 Å². The number of benzene rings is 4. The summed E-state index contributed by atoms with van der Waals surface area (Å²) in [7, 11) is 0. The molecule has 0 spiro atoms. The van der Waals surface area contributed by atoms with E-state index < -0.39 is 21.3 Å². The van der Waals surface area contributed by atoms with E-state index >= 15 is 0 Å². The normalized spacial score (nSPS) is 19.3. The van der Waals surface area contributed by atoms with Gasteiger partial charge >= 0.3 is 298 Å². The molecule has 0 heterocycles. The van der Waals surface area contributed by atoms with E-state index in [1.54, 1.807) is 17.6 Å². The summed E-state index contributed by atoms with van der Waals surface area (Å²) in [5.41, 5.74) is 20.8. The zero-order valence-electron chi connectivity index (χ0n) is 30.9. The maximum absolute atomic E-state index is 2.78. The van der Waals surface area contributed by atoms with Crippen molar-refractivity contribution in [3.63, 3.8) is 0 Å². The first-order chi connectivity index (χ1) is 22.9. The molecule has 0 bridgehead atoms. The number of allylic oxidation sites excluding steroid dienone is 8. The van der Waals surface area contributed by atoms with Crippen molar-refractivity contribution in [2.75, 3.05) is 0 Å². The summed E-state index contributed by atoms with van der Waals surface area (Å²) in [5, 5.41) is 0. The van der Waals surface area contributed by atoms with E-state index in [0.717, 1.165) is 6.42 Å². The van der Waals surface area contributed by atoms with Crippen LogP contribution >= 0.6 is 0 Å².